The maximum atomic E-state index is 13.2. The largest absolute Gasteiger partial charge is 0.364 e. The first-order valence-corrected chi connectivity index (χ1v) is 8.80. The Morgan fingerprint density at radius 2 is 1.92 bits per heavy atom. The Hall–Kier alpha value is -2.21. The molecule has 6 heteroatoms. The molecule has 1 fully saturated rings. The van der Waals surface area contributed by atoms with Crippen LogP contribution in [0.4, 0.5) is 10.1 Å². The molecule has 0 radical (unpaired) electrons. The van der Waals surface area contributed by atoms with Gasteiger partial charge in [0.2, 0.25) is 0 Å². The summed E-state index contributed by atoms with van der Waals surface area (Å²) in [6.07, 6.45) is 0.805. The van der Waals surface area contributed by atoms with Gasteiger partial charge in [0.15, 0.2) is 0 Å². The van der Waals surface area contributed by atoms with E-state index in [1.807, 2.05) is 26.8 Å². The molecule has 0 saturated carbocycles. The van der Waals surface area contributed by atoms with E-state index in [1.165, 1.54) is 6.07 Å². The van der Waals surface area contributed by atoms with Gasteiger partial charge in [-0.1, -0.05) is 13.0 Å². The number of hydrogen-bond acceptors (Lipinski definition) is 4. The number of hydrogen-bond donors (Lipinski definition) is 1. The SMILES string of the molecule is CCc1n[nH]c(=O)c(N2CCN(Cc3ccc(F)cc3C)CC2)c1C. The van der Waals surface area contributed by atoms with Crippen molar-refractivity contribution in [3.05, 3.63) is 56.8 Å². The Bertz CT molecular complexity index is 810. The second kappa shape index (κ2) is 7.35. The number of benzene rings is 1. The van der Waals surface area contributed by atoms with Gasteiger partial charge in [0, 0.05) is 38.3 Å². The fourth-order valence-electron chi connectivity index (χ4n) is 3.49. The Morgan fingerprint density at radius 1 is 1.20 bits per heavy atom. The number of rotatable bonds is 4. The summed E-state index contributed by atoms with van der Waals surface area (Å²) in [5.41, 5.74) is 4.70. The lowest BCUT2D eigenvalue weighted by molar-refractivity contribution is 0.249. The van der Waals surface area contributed by atoms with E-state index in [1.54, 1.807) is 6.07 Å². The van der Waals surface area contributed by atoms with E-state index in [2.05, 4.69) is 20.0 Å². The number of aromatic nitrogens is 2. The first-order chi connectivity index (χ1) is 12.0. The molecule has 1 N–H and O–H groups in total. The van der Waals surface area contributed by atoms with Gasteiger partial charge in [0.25, 0.3) is 5.56 Å². The van der Waals surface area contributed by atoms with E-state index >= 15 is 0 Å². The molecule has 2 aromatic rings. The molecule has 25 heavy (non-hydrogen) atoms. The lowest BCUT2D eigenvalue weighted by atomic mass is 10.1. The van der Waals surface area contributed by atoms with Gasteiger partial charge in [-0.2, -0.15) is 5.10 Å². The summed E-state index contributed by atoms with van der Waals surface area (Å²) < 4.78 is 13.2. The van der Waals surface area contributed by atoms with Gasteiger partial charge in [-0.3, -0.25) is 9.69 Å². The minimum Gasteiger partial charge on any atom is -0.364 e. The summed E-state index contributed by atoms with van der Waals surface area (Å²) in [4.78, 5) is 16.8. The standard InChI is InChI=1S/C19H25FN4O/c1-4-17-14(3)18(19(25)22-21-17)24-9-7-23(8-10-24)12-15-5-6-16(20)11-13(15)2/h5-6,11H,4,7-10,12H2,1-3H3,(H,22,25). The van der Waals surface area contributed by atoms with Crippen LogP contribution in [-0.4, -0.2) is 41.3 Å². The monoisotopic (exact) mass is 344 g/mol. The molecular weight excluding hydrogens is 319 g/mol. The quantitative estimate of drug-likeness (QED) is 0.925. The van der Waals surface area contributed by atoms with Crippen LogP contribution in [0.1, 0.15) is 29.3 Å². The van der Waals surface area contributed by atoms with Crippen LogP contribution in [0.5, 0.6) is 0 Å². The highest BCUT2D eigenvalue weighted by Crippen LogP contribution is 2.20. The van der Waals surface area contributed by atoms with E-state index in [-0.39, 0.29) is 11.4 Å². The molecule has 1 aromatic carbocycles. The number of nitrogens with zero attached hydrogens (tertiary/aromatic N) is 3. The van der Waals surface area contributed by atoms with Crippen LogP contribution < -0.4 is 10.5 Å². The summed E-state index contributed by atoms with van der Waals surface area (Å²) in [5, 5.41) is 6.76. The summed E-state index contributed by atoms with van der Waals surface area (Å²) in [6, 6.07) is 4.96. The van der Waals surface area contributed by atoms with Crippen molar-refractivity contribution in [3.8, 4) is 0 Å². The molecule has 1 aromatic heterocycles. The highest BCUT2D eigenvalue weighted by atomic mass is 19.1. The van der Waals surface area contributed by atoms with Gasteiger partial charge in [-0.25, -0.2) is 9.49 Å². The lowest BCUT2D eigenvalue weighted by Gasteiger charge is -2.36. The van der Waals surface area contributed by atoms with Gasteiger partial charge >= 0.3 is 0 Å². The average Bonchev–Trinajstić information content (AvgIpc) is 2.59. The second-order valence-electron chi connectivity index (χ2n) is 6.66. The molecule has 2 heterocycles. The average molecular weight is 344 g/mol. The maximum Gasteiger partial charge on any atom is 0.287 e. The molecule has 0 atom stereocenters. The van der Waals surface area contributed by atoms with Crippen molar-refractivity contribution in [3.63, 3.8) is 0 Å². The molecule has 1 aliphatic rings. The van der Waals surface area contributed by atoms with Crippen molar-refractivity contribution in [2.75, 3.05) is 31.1 Å². The zero-order chi connectivity index (χ0) is 18.0. The van der Waals surface area contributed by atoms with Gasteiger partial charge in [-0.05, 0) is 43.5 Å². The smallest absolute Gasteiger partial charge is 0.287 e. The van der Waals surface area contributed by atoms with Crippen molar-refractivity contribution in [2.45, 2.75) is 33.7 Å². The molecule has 0 aliphatic carbocycles. The van der Waals surface area contributed by atoms with Gasteiger partial charge in [0.05, 0.1) is 5.69 Å². The molecule has 1 aliphatic heterocycles. The molecular formula is C19H25FN4O. The number of nitrogens with one attached hydrogen (secondary N) is 1. The van der Waals surface area contributed by atoms with Crippen molar-refractivity contribution < 1.29 is 4.39 Å². The van der Waals surface area contributed by atoms with Crippen molar-refractivity contribution >= 4 is 5.69 Å². The minimum atomic E-state index is -0.190. The van der Waals surface area contributed by atoms with E-state index in [4.69, 9.17) is 0 Å². The van der Waals surface area contributed by atoms with Gasteiger partial charge < -0.3 is 4.90 Å². The number of anilines is 1. The van der Waals surface area contributed by atoms with Crippen molar-refractivity contribution in [2.24, 2.45) is 0 Å². The molecule has 0 spiro atoms. The zero-order valence-corrected chi connectivity index (χ0v) is 15.1. The first-order valence-electron chi connectivity index (χ1n) is 8.80. The van der Waals surface area contributed by atoms with Crippen LogP contribution in [0.15, 0.2) is 23.0 Å². The van der Waals surface area contributed by atoms with E-state index in [9.17, 15) is 9.18 Å². The fourth-order valence-corrected chi connectivity index (χ4v) is 3.49. The van der Waals surface area contributed by atoms with Gasteiger partial charge in [0.1, 0.15) is 11.5 Å². The van der Waals surface area contributed by atoms with Gasteiger partial charge in [-0.15, -0.1) is 0 Å². The Labute approximate surface area is 147 Å². The number of aryl methyl sites for hydroxylation is 2. The first kappa shape index (κ1) is 17.6. The van der Waals surface area contributed by atoms with Crippen molar-refractivity contribution in [1.29, 1.82) is 0 Å². The Kier molecular flexibility index (Phi) is 5.18. The fraction of sp³-hybridized carbons (Fsp3) is 0.474. The van der Waals surface area contributed by atoms with Crippen LogP contribution in [0.25, 0.3) is 0 Å². The molecule has 0 bridgehead atoms. The Morgan fingerprint density at radius 3 is 2.56 bits per heavy atom. The third kappa shape index (κ3) is 3.74. The van der Waals surface area contributed by atoms with E-state index in [0.717, 1.165) is 67.2 Å². The number of aromatic amines is 1. The van der Waals surface area contributed by atoms with Crippen LogP contribution >= 0.6 is 0 Å². The lowest BCUT2D eigenvalue weighted by Crippen LogP contribution is -2.48. The highest BCUT2D eigenvalue weighted by molar-refractivity contribution is 5.53. The molecule has 3 rings (SSSR count). The van der Waals surface area contributed by atoms with E-state index < -0.39 is 0 Å². The van der Waals surface area contributed by atoms with Crippen LogP contribution in [0.3, 0.4) is 0 Å². The maximum absolute atomic E-state index is 13.2. The summed E-state index contributed by atoms with van der Waals surface area (Å²) in [7, 11) is 0. The second-order valence-corrected chi connectivity index (χ2v) is 6.66. The minimum absolute atomic E-state index is 0.113. The summed E-state index contributed by atoms with van der Waals surface area (Å²) in [5.74, 6) is -0.190. The summed E-state index contributed by atoms with van der Waals surface area (Å²) >= 11 is 0. The van der Waals surface area contributed by atoms with Crippen LogP contribution in [-0.2, 0) is 13.0 Å². The molecule has 1 saturated heterocycles. The number of H-pyrrole nitrogens is 1. The molecule has 134 valence electrons. The normalized spacial score (nSPS) is 15.6. The highest BCUT2D eigenvalue weighted by Gasteiger charge is 2.22. The van der Waals surface area contributed by atoms with Crippen LogP contribution in [0.2, 0.25) is 0 Å². The predicted molar refractivity (Wildman–Crippen MR) is 97.6 cm³/mol. The molecule has 0 unspecified atom stereocenters. The molecule has 5 nitrogen and oxygen atoms in total. The topological polar surface area (TPSA) is 52.2 Å². The predicted octanol–water partition coefficient (Wildman–Crippen LogP) is 2.41. The zero-order valence-electron chi connectivity index (χ0n) is 15.1. The van der Waals surface area contributed by atoms with E-state index in [0.29, 0.717) is 0 Å². The number of halogens is 1. The third-order valence-electron chi connectivity index (χ3n) is 5.02. The molecule has 0 amide bonds. The van der Waals surface area contributed by atoms with Crippen LogP contribution in [0, 0.1) is 19.7 Å². The number of piperazine rings is 1. The van der Waals surface area contributed by atoms with Crippen molar-refractivity contribution in [1.82, 2.24) is 15.1 Å². The third-order valence-corrected chi connectivity index (χ3v) is 5.02. The summed E-state index contributed by atoms with van der Waals surface area (Å²) in [6.45, 7) is 10.1. The Balaban J connectivity index is 1.69.